The van der Waals surface area contributed by atoms with Gasteiger partial charge in [0.25, 0.3) is 0 Å². The molecule has 0 amide bonds. The third kappa shape index (κ3) is 4.44. The molecule has 0 bridgehead atoms. The minimum absolute atomic E-state index is 0.0101. The van der Waals surface area contributed by atoms with E-state index in [1.165, 1.54) is 0 Å². The molecule has 9 nitrogen and oxygen atoms in total. The van der Waals surface area contributed by atoms with Crippen molar-refractivity contribution in [2.75, 3.05) is 0 Å². The van der Waals surface area contributed by atoms with Gasteiger partial charge in [0.1, 0.15) is 23.6 Å². The first-order chi connectivity index (χ1) is 17.0. The summed E-state index contributed by atoms with van der Waals surface area (Å²) in [5, 5.41) is 46.7. The second-order valence-electron chi connectivity index (χ2n) is 13.0. The van der Waals surface area contributed by atoms with Gasteiger partial charge in [-0.15, -0.1) is 0 Å². The van der Waals surface area contributed by atoms with E-state index in [4.69, 9.17) is 4.18 Å². The van der Waals surface area contributed by atoms with Crippen LogP contribution in [0.5, 0.6) is 0 Å². The van der Waals surface area contributed by atoms with E-state index in [1.54, 1.807) is 6.92 Å². The van der Waals surface area contributed by atoms with Gasteiger partial charge in [-0.2, -0.15) is 8.42 Å². The fourth-order valence-electron chi connectivity index (χ4n) is 9.36. The van der Waals surface area contributed by atoms with Gasteiger partial charge in [0.15, 0.2) is 0 Å². The first kappa shape index (κ1) is 29.1. The fraction of sp³-hybridized carbons (Fsp3) is 0.889. The van der Waals surface area contributed by atoms with E-state index >= 15 is 0 Å². The zero-order chi connectivity index (χ0) is 27.6. The van der Waals surface area contributed by atoms with Gasteiger partial charge in [-0.25, -0.2) is 4.18 Å². The quantitative estimate of drug-likeness (QED) is 0.184. The molecular formula is C27H44O9S. The Labute approximate surface area is 220 Å². The average Bonchev–Trinajstić information content (AvgIpc) is 3.02. The first-order valence-corrected chi connectivity index (χ1v) is 15.0. The van der Waals surface area contributed by atoms with Crippen LogP contribution in [0.1, 0.15) is 85.5 Å². The summed E-state index contributed by atoms with van der Waals surface area (Å²) in [6.45, 7) is 7.62. The minimum Gasteiger partial charge on any atom is -0.393 e. The van der Waals surface area contributed by atoms with E-state index in [2.05, 4.69) is 0 Å². The molecule has 0 spiro atoms. The molecular weight excluding hydrogens is 500 g/mol. The highest BCUT2D eigenvalue weighted by molar-refractivity contribution is 7.80. The van der Waals surface area contributed by atoms with Crippen molar-refractivity contribution in [2.45, 2.75) is 115 Å². The lowest BCUT2D eigenvalue weighted by Crippen LogP contribution is -2.77. The molecule has 212 valence electrons. The number of aliphatic hydroxyl groups excluding tert-OH is 2. The highest BCUT2D eigenvalue weighted by atomic mass is 32.3. The molecule has 4 saturated carbocycles. The van der Waals surface area contributed by atoms with E-state index < -0.39 is 56.7 Å². The molecule has 0 heterocycles. The van der Waals surface area contributed by atoms with Crippen molar-refractivity contribution in [2.24, 2.45) is 34.5 Å². The van der Waals surface area contributed by atoms with Gasteiger partial charge in [-0.05, 0) is 93.0 Å². The Kier molecular flexibility index (Phi) is 7.59. The summed E-state index contributed by atoms with van der Waals surface area (Å²) < 4.78 is 38.7. The normalized spacial score (nSPS) is 49.1. The second kappa shape index (κ2) is 9.64. The maximum Gasteiger partial charge on any atom is 0.397 e. The van der Waals surface area contributed by atoms with Crippen LogP contribution < -0.4 is 0 Å². The highest BCUT2D eigenvalue weighted by Crippen LogP contribution is 2.71. The van der Waals surface area contributed by atoms with Gasteiger partial charge in [0.2, 0.25) is 0 Å². The van der Waals surface area contributed by atoms with Crippen LogP contribution >= 0.6 is 0 Å². The molecule has 0 aromatic rings. The summed E-state index contributed by atoms with van der Waals surface area (Å²) in [6.07, 6.45) is 3.61. The van der Waals surface area contributed by atoms with Gasteiger partial charge in [-0.1, -0.05) is 26.8 Å². The van der Waals surface area contributed by atoms with Crippen LogP contribution in [0.15, 0.2) is 11.6 Å². The Balaban J connectivity index is 1.76. The molecule has 4 aliphatic rings. The first-order valence-electron chi connectivity index (χ1n) is 13.6. The van der Waals surface area contributed by atoms with Crippen molar-refractivity contribution in [1.82, 2.24) is 0 Å². The van der Waals surface area contributed by atoms with Gasteiger partial charge in [0.05, 0.1) is 12.2 Å². The molecule has 0 radical (unpaired) electrons. The van der Waals surface area contributed by atoms with Crippen LogP contribution in [0.2, 0.25) is 0 Å². The van der Waals surface area contributed by atoms with E-state index in [-0.39, 0.29) is 30.6 Å². The summed E-state index contributed by atoms with van der Waals surface area (Å²) in [7, 11) is -4.94. The van der Waals surface area contributed by atoms with Crippen LogP contribution in [0, 0.1) is 34.5 Å². The van der Waals surface area contributed by atoms with Crippen molar-refractivity contribution in [1.29, 1.82) is 0 Å². The van der Waals surface area contributed by atoms with Gasteiger partial charge in [0, 0.05) is 11.8 Å². The van der Waals surface area contributed by atoms with Crippen molar-refractivity contribution < 1.29 is 42.4 Å². The van der Waals surface area contributed by atoms with Crippen molar-refractivity contribution in [3.8, 4) is 0 Å². The van der Waals surface area contributed by atoms with E-state index in [9.17, 15) is 38.2 Å². The Bertz CT molecular complexity index is 1030. The SMILES string of the molecule is CC(C=O)=CCCC(C)C1CC(OS(=O)(=O)O)C2(O)C1(C)CCC1C3(C)CCC(O)CC3C(O)CC12O. The topological polar surface area (TPSA) is 162 Å². The van der Waals surface area contributed by atoms with Crippen LogP contribution in [-0.2, 0) is 19.4 Å². The van der Waals surface area contributed by atoms with Crippen LogP contribution in [0.3, 0.4) is 0 Å². The molecule has 10 heteroatoms. The third-order valence-electron chi connectivity index (χ3n) is 11.2. The highest BCUT2D eigenvalue weighted by Gasteiger charge is 2.79. The number of aliphatic hydroxyl groups is 4. The molecule has 4 rings (SSSR count). The maximum atomic E-state index is 12.6. The Morgan fingerprint density at radius 2 is 1.81 bits per heavy atom. The van der Waals surface area contributed by atoms with Crippen LogP contribution in [-0.4, -0.2) is 69.2 Å². The lowest BCUT2D eigenvalue weighted by Gasteiger charge is -2.68. The van der Waals surface area contributed by atoms with E-state index in [1.807, 2.05) is 26.8 Å². The lowest BCUT2D eigenvalue weighted by atomic mass is 9.40. The summed E-state index contributed by atoms with van der Waals surface area (Å²) >= 11 is 0. The van der Waals surface area contributed by atoms with Gasteiger partial charge in [-0.3, -0.25) is 9.35 Å². The second-order valence-corrected chi connectivity index (χ2v) is 14.0. The Morgan fingerprint density at radius 3 is 2.43 bits per heavy atom. The van der Waals surface area contributed by atoms with Crippen LogP contribution in [0.4, 0.5) is 0 Å². The molecule has 11 unspecified atom stereocenters. The number of carbonyl (C=O) groups is 1. The Hall–Kier alpha value is -0.880. The third-order valence-corrected chi connectivity index (χ3v) is 11.7. The molecule has 5 N–H and O–H groups in total. The molecule has 11 atom stereocenters. The summed E-state index contributed by atoms with van der Waals surface area (Å²) in [5.41, 5.74) is -4.79. The zero-order valence-electron chi connectivity index (χ0n) is 22.3. The number of aldehydes is 1. The van der Waals surface area contributed by atoms with Crippen molar-refractivity contribution >= 4 is 16.7 Å². The predicted octanol–water partition coefficient (Wildman–Crippen LogP) is 2.57. The van der Waals surface area contributed by atoms with Crippen molar-refractivity contribution in [3.63, 3.8) is 0 Å². The summed E-state index contributed by atoms with van der Waals surface area (Å²) in [4.78, 5) is 11.0. The largest absolute Gasteiger partial charge is 0.397 e. The van der Waals surface area contributed by atoms with Crippen LogP contribution in [0.25, 0.3) is 0 Å². The molecule has 4 fully saturated rings. The number of hydrogen-bond acceptors (Lipinski definition) is 8. The van der Waals surface area contributed by atoms with Crippen molar-refractivity contribution in [3.05, 3.63) is 11.6 Å². The lowest BCUT2D eigenvalue weighted by molar-refractivity contribution is -0.328. The fourth-order valence-corrected chi connectivity index (χ4v) is 9.87. The predicted molar refractivity (Wildman–Crippen MR) is 136 cm³/mol. The number of rotatable bonds is 7. The summed E-state index contributed by atoms with van der Waals surface area (Å²) in [6, 6.07) is 0. The molecule has 0 saturated heterocycles. The molecule has 4 aliphatic carbocycles. The Morgan fingerprint density at radius 1 is 1.14 bits per heavy atom. The molecule has 0 aliphatic heterocycles. The number of allylic oxidation sites excluding steroid dienone is 2. The molecule has 37 heavy (non-hydrogen) atoms. The number of hydrogen-bond donors (Lipinski definition) is 5. The monoisotopic (exact) mass is 544 g/mol. The standard InChI is InChI=1S/C27H44O9S/c1-16(15-28)6-5-7-17(2)19-13-23(36-37(33,34)35)27(32)25(19,4)11-9-22-24(3)10-8-18(29)12-20(24)21(30)14-26(22,27)31/h6,15,17-23,29-32H,5,7-14H2,1-4H3,(H,33,34,35). The van der Waals surface area contributed by atoms with E-state index in [0.717, 1.165) is 6.29 Å². The van der Waals surface area contributed by atoms with Gasteiger partial charge < -0.3 is 20.4 Å². The number of fused-ring (bicyclic) bond motifs is 5. The average molecular weight is 545 g/mol. The van der Waals surface area contributed by atoms with Gasteiger partial charge >= 0.3 is 10.4 Å². The van der Waals surface area contributed by atoms with E-state index in [0.29, 0.717) is 50.5 Å². The molecule has 0 aromatic heterocycles. The smallest absolute Gasteiger partial charge is 0.393 e. The summed E-state index contributed by atoms with van der Waals surface area (Å²) in [5.74, 6) is -0.947. The zero-order valence-corrected chi connectivity index (χ0v) is 23.2. The molecule has 0 aromatic carbocycles. The number of carbonyl (C=O) groups excluding carboxylic acids is 1. The minimum atomic E-state index is -4.94. The maximum absolute atomic E-state index is 12.6.